The molecule has 0 radical (unpaired) electrons. The number of nitrogens with zero attached hydrogens (tertiary/aromatic N) is 5. The van der Waals surface area contributed by atoms with Gasteiger partial charge in [-0.05, 0) is 13.3 Å². The zero-order chi connectivity index (χ0) is 18.8. The van der Waals surface area contributed by atoms with E-state index in [0.717, 1.165) is 12.2 Å². The van der Waals surface area contributed by atoms with Crippen LogP contribution in [0.15, 0.2) is 11.2 Å². The summed E-state index contributed by atoms with van der Waals surface area (Å²) in [4.78, 5) is 24.0. The molecule has 0 saturated heterocycles. The van der Waals surface area contributed by atoms with Gasteiger partial charge in [-0.25, -0.2) is 9.98 Å². The van der Waals surface area contributed by atoms with Gasteiger partial charge in [0.05, 0.1) is 12.7 Å². The second-order valence-electron chi connectivity index (χ2n) is 5.82. The predicted octanol–water partition coefficient (Wildman–Crippen LogP) is 1.58. The number of imidazole rings is 1. The summed E-state index contributed by atoms with van der Waals surface area (Å²) in [7, 11) is 7.19. The molecule has 0 saturated carbocycles. The second kappa shape index (κ2) is 13.2. The Bertz CT molecular complexity index is 579. The number of aromatic nitrogens is 2. The monoisotopic (exact) mass is 500 g/mol. The summed E-state index contributed by atoms with van der Waals surface area (Å²) in [5.41, 5.74) is 0. The molecule has 0 unspecified atom stereocenters. The first-order valence-corrected chi connectivity index (χ1v) is 8.68. The van der Waals surface area contributed by atoms with Crippen LogP contribution in [0.5, 0.6) is 0 Å². The van der Waals surface area contributed by atoms with E-state index in [4.69, 9.17) is 16.3 Å². The van der Waals surface area contributed by atoms with E-state index in [1.165, 1.54) is 4.90 Å². The first-order valence-electron chi connectivity index (χ1n) is 8.30. The van der Waals surface area contributed by atoms with Crippen LogP contribution in [0.2, 0.25) is 5.15 Å². The van der Waals surface area contributed by atoms with Gasteiger partial charge in [0.1, 0.15) is 17.5 Å². The molecular formula is C16H30ClIN6O2. The summed E-state index contributed by atoms with van der Waals surface area (Å²) in [5.74, 6) is 1.41. The molecule has 0 fully saturated rings. The average molecular weight is 501 g/mol. The quantitative estimate of drug-likeness (QED) is 0.241. The molecule has 1 aromatic heterocycles. The van der Waals surface area contributed by atoms with Gasteiger partial charge in [0.2, 0.25) is 5.91 Å². The number of amides is 1. The van der Waals surface area contributed by atoms with Gasteiger partial charge >= 0.3 is 0 Å². The van der Waals surface area contributed by atoms with Crippen LogP contribution >= 0.6 is 35.6 Å². The maximum absolute atomic E-state index is 11.8. The van der Waals surface area contributed by atoms with Gasteiger partial charge < -0.3 is 24.4 Å². The number of nitrogens with one attached hydrogen (secondary N) is 1. The highest BCUT2D eigenvalue weighted by Crippen LogP contribution is 2.10. The highest BCUT2D eigenvalue weighted by molar-refractivity contribution is 14.0. The molecule has 0 aliphatic heterocycles. The molecule has 1 aromatic rings. The van der Waals surface area contributed by atoms with E-state index in [1.807, 2.05) is 30.5 Å². The minimum absolute atomic E-state index is 0. The Morgan fingerprint density at radius 1 is 1.42 bits per heavy atom. The van der Waals surface area contributed by atoms with Crippen molar-refractivity contribution in [1.29, 1.82) is 0 Å². The van der Waals surface area contributed by atoms with Gasteiger partial charge in [-0.1, -0.05) is 11.6 Å². The third-order valence-corrected chi connectivity index (χ3v) is 3.93. The molecule has 10 heteroatoms. The molecule has 1 heterocycles. The van der Waals surface area contributed by atoms with Gasteiger partial charge in [0.25, 0.3) is 0 Å². The van der Waals surface area contributed by atoms with Crippen molar-refractivity contribution >= 4 is 47.4 Å². The van der Waals surface area contributed by atoms with Crippen LogP contribution < -0.4 is 5.32 Å². The van der Waals surface area contributed by atoms with Gasteiger partial charge in [-0.3, -0.25) is 4.79 Å². The Labute approximate surface area is 178 Å². The third kappa shape index (κ3) is 8.54. The number of halogens is 2. The van der Waals surface area contributed by atoms with Gasteiger partial charge in [-0.15, -0.1) is 24.0 Å². The normalized spacial score (nSPS) is 11.1. The van der Waals surface area contributed by atoms with Gasteiger partial charge in [0.15, 0.2) is 5.96 Å². The summed E-state index contributed by atoms with van der Waals surface area (Å²) >= 11 is 6.03. The maximum atomic E-state index is 11.8. The summed E-state index contributed by atoms with van der Waals surface area (Å²) < 4.78 is 7.15. The molecule has 0 aliphatic rings. The molecule has 8 nitrogen and oxygen atoms in total. The molecule has 0 aliphatic carbocycles. The number of guanidine groups is 1. The molecule has 0 atom stereocenters. The summed E-state index contributed by atoms with van der Waals surface area (Å²) in [6.07, 6.45) is 2.48. The lowest BCUT2D eigenvalue weighted by Crippen LogP contribution is -2.40. The van der Waals surface area contributed by atoms with Crippen LogP contribution in [0.3, 0.4) is 0 Å². The van der Waals surface area contributed by atoms with Crippen molar-refractivity contribution in [3.8, 4) is 0 Å². The predicted molar refractivity (Wildman–Crippen MR) is 115 cm³/mol. The fourth-order valence-corrected chi connectivity index (χ4v) is 2.12. The van der Waals surface area contributed by atoms with E-state index in [-0.39, 0.29) is 36.4 Å². The number of ether oxygens (including phenoxy) is 1. The lowest BCUT2D eigenvalue weighted by Gasteiger charge is -2.22. The number of aliphatic imine (C=N–C) groups is 1. The number of likely N-dealkylation sites (N-methyl/N-ethyl adjacent to an activating group) is 1. The van der Waals surface area contributed by atoms with Gasteiger partial charge in [0, 0.05) is 47.9 Å². The van der Waals surface area contributed by atoms with Crippen LogP contribution in [0.1, 0.15) is 19.2 Å². The Morgan fingerprint density at radius 3 is 2.65 bits per heavy atom. The molecule has 26 heavy (non-hydrogen) atoms. The summed E-state index contributed by atoms with van der Waals surface area (Å²) in [6, 6.07) is 0. The van der Waals surface area contributed by atoms with E-state index in [0.29, 0.717) is 37.4 Å². The van der Waals surface area contributed by atoms with Crippen molar-refractivity contribution in [1.82, 2.24) is 24.7 Å². The van der Waals surface area contributed by atoms with Crippen LogP contribution in [0.4, 0.5) is 0 Å². The largest absolute Gasteiger partial charge is 0.382 e. The highest BCUT2D eigenvalue weighted by atomic mass is 127. The zero-order valence-electron chi connectivity index (χ0n) is 16.2. The van der Waals surface area contributed by atoms with Gasteiger partial charge in [-0.2, -0.15) is 0 Å². The SMILES string of the molecule is CCOCCCNC(=NCC(=O)N(C)C)N(C)Cc1ncc(Cl)n1C.I. The lowest BCUT2D eigenvalue weighted by molar-refractivity contribution is -0.127. The number of carbonyl (C=O) groups excluding carboxylic acids is 1. The van der Waals surface area contributed by atoms with E-state index < -0.39 is 0 Å². The minimum Gasteiger partial charge on any atom is -0.382 e. The number of hydrogen-bond donors (Lipinski definition) is 1. The van der Waals surface area contributed by atoms with Crippen LogP contribution in [-0.4, -0.2) is 78.7 Å². The van der Waals surface area contributed by atoms with Crippen LogP contribution in [0.25, 0.3) is 0 Å². The minimum atomic E-state index is -0.0537. The highest BCUT2D eigenvalue weighted by Gasteiger charge is 2.12. The Balaban J connectivity index is 0.00000625. The standard InChI is InChI=1S/C16H29ClN6O2.HI/c1-6-25-9-7-8-18-16(20-11-15(24)21(2)3)22(4)12-14-19-10-13(17)23(14)5;/h10H,6-9,11-12H2,1-5H3,(H,18,20);1H. The average Bonchev–Trinajstić information content (AvgIpc) is 2.88. The van der Waals surface area contributed by atoms with Crippen molar-refractivity contribution in [2.24, 2.45) is 12.0 Å². The Hall–Kier alpha value is -1.07. The van der Waals surface area contributed by atoms with E-state index >= 15 is 0 Å². The van der Waals surface area contributed by atoms with E-state index in [2.05, 4.69) is 15.3 Å². The van der Waals surface area contributed by atoms with E-state index in [1.54, 1.807) is 20.3 Å². The zero-order valence-corrected chi connectivity index (χ0v) is 19.2. The number of carbonyl (C=O) groups is 1. The molecule has 150 valence electrons. The fourth-order valence-electron chi connectivity index (χ4n) is 1.97. The molecule has 0 bridgehead atoms. The smallest absolute Gasteiger partial charge is 0.243 e. The van der Waals surface area contributed by atoms with Crippen molar-refractivity contribution < 1.29 is 9.53 Å². The van der Waals surface area contributed by atoms with Crippen molar-refractivity contribution in [2.45, 2.75) is 19.9 Å². The fraction of sp³-hybridized carbons (Fsp3) is 0.688. The molecule has 1 N–H and O–H groups in total. The summed E-state index contributed by atoms with van der Waals surface area (Å²) in [6.45, 7) is 4.69. The molecular weight excluding hydrogens is 471 g/mol. The van der Waals surface area contributed by atoms with Crippen LogP contribution in [0, 0.1) is 0 Å². The number of hydrogen-bond acceptors (Lipinski definition) is 4. The molecule has 0 aromatic carbocycles. The molecule has 1 rings (SSSR count). The Kier molecular flexibility index (Phi) is 12.6. The number of rotatable bonds is 9. The first-order chi connectivity index (χ1) is 11.9. The third-order valence-electron chi connectivity index (χ3n) is 3.58. The lowest BCUT2D eigenvalue weighted by atomic mass is 10.4. The molecule has 0 spiro atoms. The summed E-state index contributed by atoms with van der Waals surface area (Å²) in [5, 5.41) is 3.85. The van der Waals surface area contributed by atoms with Crippen molar-refractivity contribution in [2.75, 3.05) is 47.4 Å². The van der Waals surface area contributed by atoms with Crippen molar-refractivity contribution in [3.63, 3.8) is 0 Å². The topological polar surface area (TPSA) is 75.0 Å². The van der Waals surface area contributed by atoms with E-state index in [9.17, 15) is 4.79 Å². The van der Waals surface area contributed by atoms with Crippen LogP contribution in [-0.2, 0) is 23.1 Å². The second-order valence-corrected chi connectivity index (χ2v) is 6.20. The first kappa shape index (κ1) is 24.9. The van der Waals surface area contributed by atoms with Crippen molar-refractivity contribution in [3.05, 3.63) is 17.2 Å². The Morgan fingerprint density at radius 2 is 2.12 bits per heavy atom. The molecule has 1 amide bonds. The maximum Gasteiger partial charge on any atom is 0.243 e.